The van der Waals surface area contributed by atoms with Gasteiger partial charge in [-0.1, -0.05) is 41.9 Å². The van der Waals surface area contributed by atoms with Gasteiger partial charge in [-0.15, -0.1) is 0 Å². The lowest BCUT2D eigenvalue weighted by Crippen LogP contribution is -2.05. The Balaban J connectivity index is 2.46. The molecule has 19 heavy (non-hydrogen) atoms. The molecule has 0 saturated heterocycles. The van der Waals surface area contributed by atoms with Crippen LogP contribution in [0, 0.1) is 3.57 Å². The highest BCUT2D eigenvalue weighted by Gasteiger charge is 2.14. The van der Waals surface area contributed by atoms with Gasteiger partial charge in [0.05, 0.1) is 0 Å². The van der Waals surface area contributed by atoms with E-state index in [0.717, 1.165) is 16.5 Å². The van der Waals surface area contributed by atoms with E-state index in [1.54, 1.807) is 12.1 Å². The van der Waals surface area contributed by atoms with Gasteiger partial charge in [0.15, 0.2) is 0 Å². The van der Waals surface area contributed by atoms with Crippen molar-refractivity contribution < 1.29 is 4.42 Å². The largest absolute Gasteiger partial charge is 0.422 e. The van der Waals surface area contributed by atoms with Crippen molar-refractivity contribution in [3.63, 3.8) is 0 Å². The summed E-state index contributed by atoms with van der Waals surface area (Å²) >= 11 is 7.97. The summed E-state index contributed by atoms with van der Waals surface area (Å²) in [6.45, 7) is 0. The first-order valence-electron chi connectivity index (χ1n) is 5.64. The second-order valence-corrected chi connectivity index (χ2v) is 5.60. The first kappa shape index (κ1) is 12.7. The number of fused-ring (bicyclic) bond motifs is 1. The average molecular weight is 383 g/mol. The smallest absolute Gasteiger partial charge is 0.350 e. The Morgan fingerprint density at radius 3 is 2.53 bits per heavy atom. The van der Waals surface area contributed by atoms with E-state index in [1.165, 1.54) is 0 Å². The van der Waals surface area contributed by atoms with Crippen molar-refractivity contribution in [3.8, 4) is 11.1 Å². The minimum absolute atomic E-state index is 0.339. The van der Waals surface area contributed by atoms with Gasteiger partial charge in [-0.05, 0) is 40.3 Å². The Hall–Kier alpha value is -1.33. The fraction of sp³-hybridized carbons (Fsp3) is 0. The molecule has 0 aliphatic carbocycles. The van der Waals surface area contributed by atoms with Gasteiger partial charge in [-0.3, -0.25) is 0 Å². The Labute approximate surface area is 128 Å². The third-order valence-electron chi connectivity index (χ3n) is 2.88. The van der Waals surface area contributed by atoms with Gasteiger partial charge < -0.3 is 4.42 Å². The molecule has 3 aromatic rings. The van der Waals surface area contributed by atoms with Crippen LogP contribution in [0.25, 0.3) is 22.1 Å². The van der Waals surface area contributed by atoms with Crippen molar-refractivity contribution in [2.45, 2.75) is 0 Å². The molecule has 4 heteroatoms. The third kappa shape index (κ3) is 2.28. The lowest BCUT2D eigenvalue weighted by atomic mass is 10.0. The van der Waals surface area contributed by atoms with E-state index in [-0.39, 0.29) is 5.63 Å². The van der Waals surface area contributed by atoms with E-state index in [1.807, 2.05) is 59.0 Å². The summed E-state index contributed by atoms with van der Waals surface area (Å²) in [4.78, 5) is 11.9. The summed E-state index contributed by atoms with van der Waals surface area (Å²) in [5, 5.41) is 1.44. The highest BCUT2D eigenvalue weighted by atomic mass is 127. The van der Waals surface area contributed by atoms with Crippen LogP contribution < -0.4 is 5.63 Å². The number of halogens is 2. The number of benzene rings is 2. The van der Waals surface area contributed by atoms with E-state index in [9.17, 15) is 4.79 Å². The summed E-state index contributed by atoms with van der Waals surface area (Å²) in [5.41, 5.74) is 2.06. The van der Waals surface area contributed by atoms with Crippen LogP contribution in [0.5, 0.6) is 0 Å². The van der Waals surface area contributed by atoms with Gasteiger partial charge in [-0.25, -0.2) is 4.79 Å². The summed E-state index contributed by atoms with van der Waals surface area (Å²) in [5.74, 6) is 0. The SMILES string of the molecule is O=c1oc2cc(Cl)ccc2c(-c2ccccc2)c1I. The molecule has 0 spiro atoms. The molecule has 2 aromatic carbocycles. The molecule has 0 radical (unpaired) electrons. The molecular formula is C15H8ClIO2. The zero-order valence-corrected chi connectivity index (χ0v) is 12.6. The minimum atomic E-state index is -0.339. The van der Waals surface area contributed by atoms with Crippen LogP contribution in [0.1, 0.15) is 0 Å². The van der Waals surface area contributed by atoms with Crippen LogP contribution in [0.2, 0.25) is 5.02 Å². The molecule has 0 fully saturated rings. The third-order valence-corrected chi connectivity index (χ3v) is 4.09. The highest BCUT2D eigenvalue weighted by molar-refractivity contribution is 14.1. The van der Waals surface area contributed by atoms with Crippen LogP contribution in [0.4, 0.5) is 0 Å². The maximum Gasteiger partial charge on any atom is 0.350 e. The van der Waals surface area contributed by atoms with Crippen LogP contribution in [0.15, 0.2) is 57.7 Å². The van der Waals surface area contributed by atoms with Crippen LogP contribution >= 0.6 is 34.2 Å². The van der Waals surface area contributed by atoms with Crippen LogP contribution in [-0.4, -0.2) is 0 Å². The molecule has 1 aromatic heterocycles. The van der Waals surface area contributed by atoms with Crippen molar-refractivity contribution in [2.24, 2.45) is 0 Å². The summed E-state index contributed by atoms with van der Waals surface area (Å²) < 4.78 is 5.87. The van der Waals surface area contributed by atoms with Gasteiger partial charge in [0.2, 0.25) is 0 Å². The predicted molar refractivity (Wildman–Crippen MR) is 85.6 cm³/mol. The monoisotopic (exact) mass is 382 g/mol. The molecule has 0 N–H and O–H groups in total. The molecule has 2 nitrogen and oxygen atoms in total. The van der Waals surface area contributed by atoms with Gasteiger partial charge in [0.25, 0.3) is 0 Å². The van der Waals surface area contributed by atoms with Gasteiger partial charge in [0.1, 0.15) is 9.15 Å². The van der Waals surface area contributed by atoms with Gasteiger partial charge in [0, 0.05) is 22.0 Å². The molecule has 0 amide bonds. The molecule has 0 atom stereocenters. The molecule has 0 aliphatic heterocycles. The molecular weight excluding hydrogens is 375 g/mol. The Morgan fingerprint density at radius 1 is 1.05 bits per heavy atom. The molecule has 0 aliphatic rings. The zero-order valence-electron chi connectivity index (χ0n) is 9.69. The van der Waals surface area contributed by atoms with E-state index < -0.39 is 0 Å². The highest BCUT2D eigenvalue weighted by Crippen LogP contribution is 2.32. The van der Waals surface area contributed by atoms with Gasteiger partial charge >= 0.3 is 5.63 Å². The van der Waals surface area contributed by atoms with E-state index in [2.05, 4.69) is 0 Å². The van der Waals surface area contributed by atoms with Crippen molar-refractivity contribution in [1.29, 1.82) is 0 Å². The van der Waals surface area contributed by atoms with Crippen LogP contribution in [-0.2, 0) is 0 Å². The summed E-state index contributed by atoms with van der Waals surface area (Å²) in [7, 11) is 0. The quantitative estimate of drug-likeness (QED) is 0.450. The fourth-order valence-electron chi connectivity index (χ4n) is 2.04. The van der Waals surface area contributed by atoms with E-state index in [0.29, 0.717) is 14.2 Å². The molecule has 0 unspecified atom stereocenters. The standard InChI is InChI=1S/C15H8ClIO2/c16-10-6-7-11-12(8-10)19-15(18)14(17)13(11)9-4-2-1-3-5-9/h1-8H. The predicted octanol–water partition coefficient (Wildman–Crippen LogP) is 4.72. The first-order chi connectivity index (χ1) is 9.16. The normalized spacial score (nSPS) is 10.8. The number of rotatable bonds is 1. The van der Waals surface area contributed by atoms with Crippen molar-refractivity contribution in [3.05, 3.63) is 67.5 Å². The maximum atomic E-state index is 11.9. The van der Waals surface area contributed by atoms with E-state index in [4.69, 9.17) is 16.0 Å². The molecule has 94 valence electrons. The lowest BCUT2D eigenvalue weighted by molar-refractivity contribution is 0.556. The summed E-state index contributed by atoms with van der Waals surface area (Å²) in [6, 6.07) is 15.1. The maximum absolute atomic E-state index is 11.9. The second-order valence-electron chi connectivity index (χ2n) is 4.09. The minimum Gasteiger partial charge on any atom is -0.422 e. The van der Waals surface area contributed by atoms with Gasteiger partial charge in [-0.2, -0.15) is 0 Å². The zero-order chi connectivity index (χ0) is 13.4. The average Bonchev–Trinajstić information content (AvgIpc) is 2.41. The molecule has 0 saturated carbocycles. The van der Waals surface area contributed by atoms with E-state index >= 15 is 0 Å². The Kier molecular flexibility index (Phi) is 3.33. The number of hydrogen-bond donors (Lipinski definition) is 0. The van der Waals surface area contributed by atoms with Crippen molar-refractivity contribution in [2.75, 3.05) is 0 Å². The number of hydrogen-bond acceptors (Lipinski definition) is 2. The molecule has 1 heterocycles. The fourth-order valence-corrected chi connectivity index (χ4v) is 2.91. The van der Waals surface area contributed by atoms with Crippen molar-refractivity contribution in [1.82, 2.24) is 0 Å². The molecule has 3 rings (SSSR count). The molecule has 0 bridgehead atoms. The summed E-state index contributed by atoms with van der Waals surface area (Å²) in [6.07, 6.45) is 0. The topological polar surface area (TPSA) is 30.2 Å². The van der Waals surface area contributed by atoms with Crippen molar-refractivity contribution >= 4 is 45.2 Å². The van der Waals surface area contributed by atoms with Crippen LogP contribution in [0.3, 0.4) is 0 Å². The Morgan fingerprint density at radius 2 is 1.79 bits per heavy atom. The first-order valence-corrected chi connectivity index (χ1v) is 7.10. The Bertz CT molecular complexity index is 809. The lowest BCUT2D eigenvalue weighted by Gasteiger charge is -2.08. The second kappa shape index (κ2) is 4.98.